The number of benzene rings is 1. The van der Waals surface area contributed by atoms with Gasteiger partial charge in [0.05, 0.1) is 5.56 Å². The van der Waals surface area contributed by atoms with Gasteiger partial charge in [-0.1, -0.05) is 0 Å². The van der Waals surface area contributed by atoms with Crippen LogP contribution in [0.1, 0.15) is 52.0 Å². The van der Waals surface area contributed by atoms with Gasteiger partial charge in [-0.3, -0.25) is 14.4 Å². The minimum absolute atomic E-state index is 0.215. The van der Waals surface area contributed by atoms with Gasteiger partial charge < -0.3 is 20.3 Å². The molecule has 0 saturated heterocycles. The highest BCUT2D eigenvalue weighted by molar-refractivity contribution is 6.05. The molecule has 0 atom stereocenters. The number of carbonyl (C=O) groups excluding carboxylic acids is 2. The summed E-state index contributed by atoms with van der Waals surface area (Å²) in [4.78, 5) is 34.8. The fourth-order valence-corrected chi connectivity index (χ4v) is 2.96. The molecule has 0 unspecified atom stereocenters. The molecule has 1 aromatic carbocycles. The Morgan fingerprint density at radius 1 is 1.08 bits per heavy atom. The van der Waals surface area contributed by atoms with E-state index in [-0.39, 0.29) is 11.9 Å². The first-order valence-corrected chi connectivity index (χ1v) is 8.30. The van der Waals surface area contributed by atoms with Gasteiger partial charge in [-0.2, -0.15) is 0 Å². The first-order valence-electron chi connectivity index (χ1n) is 8.30. The van der Waals surface area contributed by atoms with E-state index in [2.05, 4.69) is 29.0 Å². The number of carboxylic acid groups (broad SMARTS) is 1. The van der Waals surface area contributed by atoms with Crippen LogP contribution in [0.2, 0.25) is 0 Å². The van der Waals surface area contributed by atoms with Gasteiger partial charge in [-0.25, -0.2) is 0 Å². The molecule has 0 radical (unpaired) electrons. The summed E-state index contributed by atoms with van der Waals surface area (Å²) in [6, 6.07) is 8.40. The molecule has 0 aliphatic carbocycles. The van der Waals surface area contributed by atoms with E-state index in [4.69, 9.17) is 5.11 Å². The van der Waals surface area contributed by atoms with Gasteiger partial charge in [0.2, 0.25) is 0 Å². The van der Waals surface area contributed by atoms with Crippen molar-refractivity contribution in [3.05, 3.63) is 52.8 Å². The number of anilines is 1. The minimum Gasteiger partial charge on any atom is -0.480 e. The van der Waals surface area contributed by atoms with Crippen LogP contribution in [0.25, 0.3) is 0 Å². The van der Waals surface area contributed by atoms with Crippen LogP contribution < -0.4 is 10.6 Å². The molecule has 3 N–H and O–H groups in total. The Morgan fingerprint density at radius 2 is 1.69 bits per heavy atom. The number of carboxylic acids is 1. The number of nitrogens with one attached hydrogen (secondary N) is 2. The molecule has 2 amide bonds. The number of amides is 2. The normalized spacial score (nSPS) is 10.7. The number of aromatic nitrogens is 1. The van der Waals surface area contributed by atoms with Gasteiger partial charge >= 0.3 is 5.97 Å². The van der Waals surface area contributed by atoms with Crippen molar-refractivity contribution in [1.29, 1.82) is 0 Å². The molecule has 26 heavy (non-hydrogen) atoms. The van der Waals surface area contributed by atoms with E-state index in [1.54, 1.807) is 12.1 Å². The first kappa shape index (κ1) is 19.2. The van der Waals surface area contributed by atoms with Crippen molar-refractivity contribution < 1.29 is 19.5 Å². The van der Waals surface area contributed by atoms with Crippen molar-refractivity contribution in [1.82, 2.24) is 9.88 Å². The molecular formula is C19H23N3O4. The molecule has 1 aromatic heterocycles. The standard InChI is InChI=1S/C19H23N3O4/c1-11(2)22-12(3)9-16(13(22)4)19(26)21-15-7-5-14(6-8-15)18(25)20-10-17(23)24/h5-9,11H,10H2,1-4H3,(H,20,25)(H,21,26)(H,23,24). The Balaban J connectivity index is 2.10. The zero-order valence-electron chi connectivity index (χ0n) is 15.3. The van der Waals surface area contributed by atoms with Crippen LogP contribution in [-0.2, 0) is 4.79 Å². The number of hydrogen-bond acceptors (Lipinski definition) is 3. The zero-order chi connectivity index (χ0) is 19.4. The lowest BCUT2D eigenvalue weighted by Crippen LogP contribution is -2.29. The average Bonchev–Trinajstić information content (AvgIpc) is 2.88. The number of rotatable bonds is 6. The quantitative estimate of drug-likeness (QED) is 0.740. The molecule has 2 rings (SSSR count). The maximum Gasteiger partial charge on any atom is 0.322 e. The molecule has 0 bridgehead atoms. The topological polar surface area (TPSA) is 100 Å². The molecule has 0 spiro atoms. The van der Waals surface area contributed by atoms with E-state index in [0.29, 0.717) is 16.8 Å². The van der Waals surface area contributed by atoms with Crippen LogP contribution in [-0.4, -0.2) is 34.0 Å². The fraction of sp³-hybridized carbons (Fsp3) is 0.316. The highest BCUT2D eigenvalue weighted by atomic mass is 16.4. The summed E-state index contributed by atoms with van der Waals surface area (Å²) in [5.74, 6) is -1.81. The Morgan fingerprint density at radius 3 is 2.19 bits per heavy atom. The third-order valence-electron chi connectivity index (χ3n) is 4.05. The van der Waals surface area contributed by atoms with Gasteiger partial charge in [0.25, 0.3) is 11.8 Å². The monoisotopic (exact) mass is 357 g/mol. The van der Waals surface area contributed by atoms with Gasteiger partial charge in [-0.05, 0) is 58.0 Å². The summed E-state index contributed by atoms with van der Waals surface area (Å²) in [7, 11) is 0. The van der Waals surface area contributed by atoms with Crippen LogP contribution in [0, 0.1) is 13.8 Å². The fourth-order valence-electron chi connectivity index (χ4n) is 2.96. The lowest BCUT2D eigenvalue weighted by molar-refractivity contribution is -0.135. The summed E-state index contributed by atoms with van der Waals surface area (Å²) < 4.78 is 2.10. The highest BCUT2D eigenvalue weighted by Gasteiger charge is 2.17. The summed E-state index contributed by atoms with van der Waals surface area (Å²) >= 11 is 0. The summed E-state index contributed by atoms with van der Waals surface area (Å²) in [5.41, 5.74) is 3.41. The molecule has 0 aliphatic heterocycles. The molecule has 138 valence electrons. The van der Waals surface area contributed by atoms with Crippen molar-refractivity contribution in [2.45, 2.75) is 33.7 Å². The van der Waals surface area contributed by atoms with Crippen LogP contribution in [0.4, 0.5) is 5.69 Å². The SMILES string of the molecule is Cc1cc(C(=O)Nc2ccc(C(=O)NCC(=O)O)cc2)c(C)n1C(C)C. The van der Waals surface area contributed by atoms with E-state index >= 15 is 0 Å². The van der Waals surface area contributed by atoms with Gasteiger partial charge in [0, 0.05) is 28.7 Å². The van der Waals surface area contributed by atoms with Crippen molar-refractivity contribution in [3.8, 4) is 0 Å². The first-order chi connectivity index (χ1) is 12.2. The lowest BCUT2D eigenvalue weighted by atomic mass is 10.1. The molecule has 0 fully saturated rings. The van der Waals surface area contributed by atoms with Crippen molar-refractivity contribution in [2.24, 2.45) is 0 Å². The van der Waals surface area contributed by atoms with Crippen molar-refractivity contribution in [2.75, 3.05) is 11.9 Å². The second-order valence-electron chi connectivity index (χ2n) is 6.36. The van der Waals surface area contributed by atoms with Crippen LogP contribution >= 0.6 is 0 Å². The van der Waals surface area contributed by atoms with Crippen LogP contribution in [0.15, 0.2) is 30.3 Å². The highest BCUT2D eigenvalue weighted by Crippen LogP contribution is 2.21. The van der Waals surface area contributed by atoms with E-state index in [9.17, 15) is 14.4 Å². The van der Waals surface area contributed by atoms with Gasteiger partial charge in [0.15, 0.2) is 0 Å². The second-order valence-corrected chi connectivity index (χ2v) is 6.36. The lowest BCUT2D eigenvalue weighted by Gasteiger charge is -2.13. The number of carbonyl (C=O) groups is 3. The summed E-state index contributed by atoms with van der Waals surface area (Å²) in [6.07, 6.45) is 0. The number of aliphatic carboxylic acids is 1. The summed E-state index contributed by atoms with van der Waals surface area (Å²) in [5, 5.41) is 13.7. The molecule has 2 aromatic rings. The van der Waals surface area contributed by atoms with E-state index in [0.717, 1.165) is 11.4 Å². The molecule has 0 saturated carbocycles. The van der Waals surface area contributed by atoms with Gasteiger partial charge in [0.1, 0.15) is 6.54 Å². The molecule has 7 heteroatoms. The van der Waals surface area contributed by atoms with E-state index in [1.807, 2.05) is 19.9 Å². The van der Waals surface area contributed by atoms with E-state index in [1.165, 1.54) is 12.1 Å². The smallest absolute Gasteiger partial charge is 0.322 e. The third-order valence-corrected chi connectivity index (χ3v) is 4.05. The Bertz CT molecular complexity index is 835. The molecule has 7 nitrogen and oxygen atoms in total. The second kappa shape index (κ2) is 7.86. The molecule has 1 heterocycles. The Hall–Kier alpha value is -3.09. The number of aryl methyl sites for hydroxylation is 1. The molecular weight excluding hydrogens is 334 g/mol. The largest absolute Gasteiger partial charge is 0.480 e. The third kappa shape index (κ3) is 4.30. The molecule has 0 aliphatic rings. The Labute approximate surface area is 152 Å². The average molecular weight is 357 g/mol. The van der Waals surface area contributed by atoms with Crippen LogP contribution in [0.5, 0.6) is 0 Å². The van der Waals surface area contributed by atoms with Crippen molar-refractivity contribution >= 4 is 23.5 Å². The van der Waals surface area contributed by atoms with E-state index < -0.39 is 18.4 Å². The van der Waals surface area contributed by atoms with Crippen LogP contribution in [0.3, 0.4) is 0 Å². The minimum atomic E-state index is -1.11. The maximum absolute atomic E-state index is 12.6. The number of hydrogen-bond donors (Lipinski definition) is 3. The maximum atomic E-state index is 12.6. The Kier molecular flexibility index (Phi) is 5.82. The zero-order valence-corrected chi connectivity index (χ0v) is 15.3. The van der Waals surface area contributed by atoms with Crippen molar-refractivity contribution in [3.63, 3.8) is 0 Å². The predicted molar refractivity (Wildman–Crippen MR) is 98.7 cm³/mol. The number of nitrogens with zero attached hydrogens (tertiary/aromatic N) is 1. The predicted octanol–water partition coefficient (Wildman–Crippen LogP) is 2.75. The van der Waals surface area contributed by atoms with Gasteiger partial charge in [-0.15, -0.1) is 0 Å². The summed E-state index contributed by atoms with van der Waals surface area (Å²) in [6.45, 7) is 7.57.